The lowest BCUT2D eigenvalue weighted by Gasteiger charge is -2.31. The highest BCUT2D eigenvalue weighted by Gasteiger charge is 2.45. The molecule has 4 fully saturated rings. The fraction of sp³-hybridized carbons (Fsp3) is 1.00. The molecule has 0 heterocycles. The molecule has 0 saturated heterocycles. The zero-order valence-corrected chi connectivity index (χ0v) is 15.9. The highest BCUT2D eigenvalue weighted by Crippen LogP contribution is 2.76. The maximum atomic E-state index is 6.53. The maximum absolute atomic E-state index is 6.53. The standard InChI is InChI=1S/C14H23OPS4/c17-16(20-18,15-13-7-9-1-3-11(13)5-9)19-14-8-10-2-4-12(14)6-10/h9-14,18H,1-8H2. The minimum absolute atomic E-state index is 0.463. The first-order valence-corrected chi connectivity index (χ1v) is 14.6. The molecular weight excluding hydrogens is 343 g/mol. The van der Waals surface area contributed by atoms with Gasteiger partial charge in [0.05, 0.1) is 6.10 Å². The highest BCUT2D eigenvalue weighted by atomic mass is 33.5. The summed E-state index contributed by atoms with van der Waals surface area (Å²) in [6.45, 7) is 0. The topological polar surface area (TPSA) is 9.23 Å². The summed E-state index contributed by atoms with van der Waals surface area (Å²) < 4.78 is 4.70. The Morgan fingerprint density at radius 2 is 1.65 bits per heavy atom. The first kappa shape index (κ1) is 15.2. The first-order valence-electron chi connectivity index (χ1n) is 7.95. The van der Waals surface area contributed by atoms with E-state index in [-0.39, 0.29) is 0 Å². The third kappa shape index (κ3) is 2.89. The average molecular weight is 367 g/mol. The normalized spacial score (nSPS) is 48.9. The second-order valence-corrected chi connectivity index (χ2v) is 18.6. The summed E-state index contributed by atoms with van der Waals surface area (Å²) >= 11 is 12.5. The predicted molar refractivity (Wildman–Crippen MR) is 98.0 cm³/mol. The SMILES string of the molecule is S=P(OC1CC2CCC1C2)(SS)SC1CC2CCC1C2. The number of hydrogen-bond donors (Lipinski definition) is 1. The predicted octanol–water partition coefficient (Wildman–Crippen LogP) is 5.92. The molecule has 7 atom stereocenters. The Labute approximate surface area is 140 Å². The lowest BCUT2D eigenvalue weighted by molar-refractivity contribution is 0.162. The zero-order chi connectivity index (χ0) is 13.7. The van der Waals surface area contributed by atoms with Crippen molar-refractivity contribution in [2.24, 2.45) is 23.7 Å². The van der Waals surface area contributed by atoms with Gasteiger partial charge in [0.1, 0.15) is 0 Å². The van der Waals surface area contributed by atoms with Crippen LogP contribution in [-0.4, -0.2) is 11.4 Å². The molecule has 20 heavy (non-hydrogen) atoms. The molecule has 0 spiro atoms. The molecule has 1 nitrogen and oxygen atoms in total. The van der Waals surface area contributed by atoms with Crippen molar-refractivity contribution in [3.8, 4) is 0 Å². The van der Waals surface area contributed by atoms with Crippen molar-refractivity contribution in [1.82, 2.24) is 0 Å². The molecule has 0 aromatic rings. The van der Waals surface area contributed by atoms with Gasteiger partial charge >= 0.3 is 0 Å². The van der Waals surface area contributed by atoms with E-state index in [9.17, 15) is 0 Å². The molecule has 4 aliphatic carbocycles. The largest absolute Gasteiger partial charge is 0.330 e. The Balaban J connectivity index is 1.39. The van der Waals surface area contributed by atoms with Crippen molar-refractivity contribution in [3.05, 3.63) is 0 Å². The van der Waals surface area contributed by atoms with Gasteiger partial charge in [-0.2, -0.15) is 0 Å². The fourth-order valence-electron chi connectivity index (χ4n) is 5.03. The molecule has 4 rings (SSSR count). The van der Waals surface area contributed by atoms with Gasteiger partial charge in [-0.3, -0.25) is 0 Å². The number of hydrogen-bond acceptors (Lipinski definition) is 5. The molecule has 0 aliphatic heterocycles. The van der Waals surface area contributed by atoms with Gasteiger partial charge in [0.15, 0.2) is 4.67 Å². The van der Waals surface area contributed by atoms with Crippen LogP contribution in [-0.2, 0) is 16.3 Å². The van der Waals surface area contributed by atoms with Crippen molar-refractivity contribution < 1.29 is 4.52 Å². The molecule has 4 saturated carbocycles. The average Bonchev–Trinajstić information content (AvgIpc) is 3.18. The minimum atomic E-state index is -1.83. The molecule has 0 aromatic heterocycles. The summed E-state index contributed by atoms with van der Waals surface area (Å²) in [5, 5.41) is 0.776. The molecule has 7 unspecified atom stereocenters. The van der Waals surface area contributed by atoms with E-state index in [1.165, 1.54) is 51.4 Å². The van der Waals surface area contributed by atoms with E-state index in [1.807, 2.05) is 11.4 Å². The number of rotatable bonds is 5. The van der Waals surface area contributed by atoms with Crippen LogP contribution in [0.15, 0.2) is 0 Å². The lowest BCUT2D eigenvalue weighted by atomic mass is 9.98. The van der Waals surface area contributed by atoms with Crippen molar-refractivity contribution in [3.63, 3.8) is 0 Å². The van der Waals surface area contributed by atoms with Crippen LogP contribution < -0.4 is 0 Å². The van der Waals surface area contributed by atoms with Crippen molar-refractivity contribution >= 4 is 49.9 Å². The van der Waals surface area contributed by atoms with Gasteiger partial charge in [0.25, 0.3) is 0 Å². The third-order valence-electron chi connectivity index (χ3n) is 5.98. The summed E-state index contributed by atoms with van der Waals surface area (Å²) in [5.41, 5.74) is 0. The Kier molecular flexibility index (Phi) is 4.52. The molecule has 114 valence electrons. The summed E-state index contributed by atoms with van der Waals surface area (Å²) in [6, 6.07) is 0. The van der Waals surface area contributed by atoms with Gasteiger partial charge in [-0.05, 0) is 90.8 Å². The lowest BCUT2D eigenvalue weighted by Crippen LogP contribution is -2.19. The van der Waals surface area contributed by atoms with E-state index in [2.05, 4.69) is 11.7 Å². The molecule has 4 bridgehead atoms. The second-order valence-electron chi connectivity index (χ2n) is 7.17. The molecular formula is C14H23OPS4. The van der Waals surface area contributed by atoms with Gasteiger partial charge in [-0.15, -0.1) is 11.7 Å². The summed E-state index contributed by atoms with van der Waals surface area (Å²) in [4.78, 5) is 0. The van der Waals surface area contributed by atoms with Crippen molar-refractivity contribution in [1.29, 1.82) is 0 Å². The molecule has 0 aromatic carbocycles. The van der Waals surface area contributed by atoms with Crippen LogP contribution in [0.4, 0.5) is 0 Å². The fourth-order valence-corrected chi connectivity index (χ4v) is 13.7. The highest BCUT2D eigenvalue weighted by molar-refractivity contribution is 9.15. The van der Waals surface area contributed by atoms with Gasteiger partial charge in [0.2, 0.25) is 0 Å². The Bertz CT molecular complexity index is 397. The van der Waals surface area contributed by atoms with E-state index < -0.39 is 4.67 Å². The first-order chi connectivity index (χ1) is 9.65. The van der Waals surface area contributed by atoms with Gasteiger partial charge in [0, 0.05) is 5.25 Å². The van der Waals surface area contributed by atoms with Crippen molar-refractivity contribution in [2.45, 2.75) is 62.7 Å². The van der Waals surface area contributed by atoms with Gasteiger partial charge in [-0.1, -0.05) is 17.8 Å². The quantitative estimate of drug-likeness (QED) is 0.367. The monoisotopic (exact) mass is 366 g/mol. The van der Waals surface area contributed by atoms with Gasteiger partial charge < -0.3 is 4.52 Å². The van der Waals surface area contributed by atoms with Crippen molar-refractivity contribution in [2.75, 3.05) is 0 Å². The van der Waals surface area contributed by atoms with Crippen LogP contribution >= 0.6 is 38.1 Å². The van der Waals surface area contributed by atoms with Crippen LogP contribution in [0.5, 0.6) is 0 Å². The Morgan fingerprint density at radius 1 is 0.950 bits per heavy atom. The molecule has 6 heteroatoms. The van der Waals surface area contributed by atoms with Crippen LogP contribution in [0.3, 0.4) is 0 Å². The molecule has 0 amide bonds. The second kappa shape index (κ2) is 5.94. The zero-order valence-electron chi connectivity index (χ0n) is 11.6. The summed E-state index contributed by atoms with van der Waals surface area (Å²) in [5.74, 6) is 3.67. The smallest absolute Gasteiger partial charge is 0.185 e. The van der Waals surface area contributed by atoms with E-state index >= 15 is 0 Å². The summed E-state index contributed by atoms with van der Waals surface area (Å²) in [7, 11) is 1.56. The van der Waals surface area contributed by atoms with Crippen LogP contribution in [0.25, 0.3) is 0 Å². The maximum Gasteiger partial charge on any atom is 0.185 e. The molecule has 0 radical (unpaired) electrons. The van der Waals surface area contributed by atoms with Gasteiger partial charge in [-0.25, -0.2) is 0 Å². The van der Waals surface area contributed by atoms with Crippen LogP contribution in [0.2, 0.25) is 0 Å². The Morgan fingerprint density at radius 3 is 2.15 bits per heavy atom. The van der Waals surface area contributed by atoms with E-state index in [0.29, 0.717) is 6.10 Å². The molecule has 4 aliphatic rings. The third-order valence-corrected chi connectivity index (χ3v) is 17.7. The van der Waals surface area contributed by atoms with Crippen LogP contribution in [0.1, 0.15) is 51.4 Å². The number of thiol groups is 1. The van der Waals surface area contributed by atoms with Crippen LogP contribution in [0, 0.1) is 23.7 Å². The number of fused-ring (bicyclic) bond motifs is 4. The van der Waals surface area contributed by atoms with E-state index in [0.717, 1.165) is 28.9 Å². The van der Waals surface area contributed by atoms with E-state index in [4.69, 9.17) is 16.3 Å². The minimum Gasteiger partial charge on any atom is -0.330 e. The van der Waals surface area contributed by atoms with E-state index in [1.54, 1.807) is 10.4 Å². The molecule has 0 N–H and O–H groups in total. The summed E-state index contributed by atoms with van der Waals surface area (Å²) in [6.07, 6.45) is 11.7. The Hall–Kier alpha value is 1.66.